The van der Waals surface area contributed by atoms with Gasteiger partial charge in [-0.3, -0.25) is 9.59 Å². The Hall–Kier alpha value is -1.43. The maximum atomic E-state index is 12.7. The third-order valence-corrected chi connectivity index (χ3v) is 3.09. The molecule has 0 unspecified atom stereocenters. The zero-order chi connectivity index (χ0) is 14.8. The van der Waals surface area contributed by atoms with Crippen LogP contribution in [-0.2, 0) is 20.9 Å². The molecule has 1 aromatic carbocycles. The Morgan fingerprint density at radius 3 is 2.55 bits per heavy atom. The topological polar surface area (TPSA) is 55.4 Å². The first-order chi connectivity index (χ1) is 9.61. The van der Waals surface area contributed by atoms with Gasteiger partial charge in [-0.15, -0.1) is 0 Å². The highest BCUT2D eigenvalue weighted by Crippen LogP contribution is 2.02. The second-order valence-corrected chi connectivity index (χ2v) is 5.00. The van der Waals surface area contributed by atoms with Crippen LogP contribution in [0.3, 0.4) is 0 Å². The van der Waals surface area contributed by atoms with Gasteiger partial charge in [0.05, 0.1) is 0 Å². The van der Waals surface area contributed by atoms with E-state index in [9.17, 15) is 14.0 Å². The van der Waals surface area contributed by atoms with Crippen LogP contribution in [0, 0.1) is 5.82 Å². The van der Waals surface area contributed by atoms with Gasteiger partial charge in [0.25, 0.3) is 5.91 Å². The number of halogens is 2. The molecule has 1 aromatic rings. The molecule has 0 atom stereocenters. The molecule has 0 aromatic heterocycles. The van der Waals surface area contributed by atoms with Gasteiger partial charge in [-0.05, 0) is 30.5 Å². The standard InChI is InChI=1S/C14H17BrFNO3/c15-8-2-1-3-14(19)20-10-13(18)17-9-11-4-6-12(16)7-5-11/h4-7H,1-3,8-10H2,(H,17,18). The van der Waals surface area contributed by atoms with Crippen LogP contribution in [0.2, 0.25) is 0 Å². The molecule has 0 aliphatic heterocycles. The number of alkyl halides is 1. The summed E-state index contributed by atoms with van der Waals surface area (Å²) in [6.45, 7) is -0.00537. The maximum Gasteiger partial charge on any atom is 0.306 e. The van der Waals surface area contributed by atoms with E-state index in [0.29, 0.717) is 6.42 Å². The zero-order valence-electron chi connectivity index (χ0n) is 11.0. The van der Waals surface area contributed by atoms with E-state index >= 15 is 0 Å². The van der Waals surface area contributed by atoms with Gasteiger partial charge in [-0.2, -0.15) is 0 Å². The van der Waals surface area contributed by atoms with Crippen LogP contribution in [0.1, 0.15) is 24.8 Å². The number of carbonyl (C=O) groups excluding carboxylic acids is 2. The summed E-state index contributed by atoms with van der Waals surface area (Å²) >= 11 is 3.27. The first kappa shape index (κ1) is 16.6. The number of benzene rings is 1. The number of amides is 1. The van der Waals surface area contributed by atoms with Crippen LogP contribution in [0.5, 0.6) is 0 Å². The predicted octanol–water partition coefficient (Wildman–Crippen LogP) is 2.55. The Balaban J connectivity index is 2.17. The molecule has 1 N–H and O–H groups in total. The maximum absolute atomic E-state index is 12.7. The van der Waals surface area contributed by atoms with Crippen molar-refractivity contribution in [3.05, 3.63) is 35.6 Å². The lowest BCUT2D eigenvalue weighted by atomic mass is 10.2. The van der Waals surface area contributed by atoms with Gasteiger partial charge in [0.1, 0.15) is 5.82 Å². The molecule has 0 heterocycles. The molecular weight excluding hydrogens is 329 g/mol. The minimum atomic E-state index is -0.372. The fourth-order valence-corrected chi connectivity index (χ4v) is 1.83. The van der Waals surface area contributed by atoms with Crippen molar-refractivity contribution >= 4 is 27.8 Å². The smallest absolute Gasteiger partial charge is 0.306 e. The quantitative estimate of drug-likeness (QED) is 0.447. The van der Waals surface area contributed by atoms with Crippen molar-refractivity contribution in [3.63, 3.8) is 0 Å². The molecule has 0 aliphatic rings. The summed E-state index contributed by atoms with van der Waals surface area (Å²) in [6.07, 6.45) is 1.95. The summed E-state index contributed by atoms with van der Waals surface area (Å²) in [5.41, 5.74) is 0.781. The summed E-state index contributed by atoms with van der Waals surface area (Å²) < 4.78 is 17.5. The van der Waals surface area contributed by atoms with Gasteiger partial charge in [-0.1, -0.05) is 28.1 Å². The zero-order valence-corrected chi connectivity index (χ0v) is 12.6. The minimum Gasteiger partial charge on any atom is -0.456 e. The lowest BCUT2D eigenvalue weighted by Crippen LogP contribution is -2.28. The third kappa shape index (κ3) is 7.23. The predicted molar refractivity (Wildman–Crippen MR) is 76.9 cm³/mol. The van der Waals surface area contributed by atoms with Crippen molar-refractivity contribution in [2.45, 2.75) is 25.8 Å². The van der Waals surface area contributed by atoms with Crippen LogP contribution in [-0.4, -0.2) is 23.8 Å². The second kappa shape index (κ2) is 9.47. The van der Waals surface area contributed by atoms with Crippen molar-refractivity contribution in [1.82, 2.24) is 5.32 Å². The summed E-state index contributed by atoms with van der Waals surface area (Å²) in [4.78, 5) is 22.7. The van der Waals surface area contributed by atoms with E-state index in [1.807, 2.05) is 0 Å². The van der Waals surface area contributed by atoms with Crippen molar-refractivity contribution in [1.29, 1.82) is 0 Å². The van der Waals surface area contributed by atoms with Crippen LogP contribution in [0.25, 0.3) is 0 Å². The number of hydrogen-bond acceptors (Lipinski definition) is 3. The highest BCUT2D eigenvalue weighted by molar-refractivity contribution is 9.09. The van der Waals surface area contributed by atoms with E-state index in [1.165, 1.54) is 12.1 Å². The van der Waals surface area contributed by atoms with E-state index in [0.717, 1.165) is 23.7 Å². The van der Waals surface area contributed by atoms with Crippen LogP contribution in [0.4, 0.5) is 4.39 Å². The highest BCUT2D eigenvalue weighted by Gasteiger charge is 2.07. The molecule has 0 saturated heterocycles. The first-order valence-electron chi connectivity index (χ1n) is 6.34. The van der Waals surface area contributed by atoms with Crippen molar-refractivity contribution in [2.24, 2.45) is 0 Å². The number of carbonyl (C=O) groups is 2. The normalized spacial score (nSPS) is 10.1. The number of esters is 1. The van der Waals surface area contributed by atoms with E-state index < -0.39 is 0 Å². The van der Waals surface area contributed by atoms with Gasteiger partial charge < -0.3 is 10.1 Å². The fourth-order valence-electron chi connectivity index (χ4n) is 1.44. The van der Waals surface area contributed by atoms with E-state index in [2.05, 4.69) is 21.2 Å². The van der Waals surface area contributed by atoms with E-state index in [1.54, 1.807) is 12.1 Å². The molecule has 0 fully saturated rings. The average molecular weight is 346 g/mol. The molecule has 4 nitrogen and oxygen atoms in total. The van der Waals surface area contributed by atoms with Crippen LogP contribution in [0.15, 0.2) is 24.3 Å². The molecule has 0 aliphatic carbocycles. The van der Waals surface area contributed by atoms with Crippen molar-refractivity contribution in [2.75, 3.05) is 11.9 Å². The Morgan fingerprint density at radius 2 is 1.90 bits per heavy atom. The first-order valence-corrected chi connectivity index (χ1v) is 7.46. The van der Waals surface area contributed by atoms with Crippen molar-refractivity contribution in [3.8, 4) is 0 Å². The summed E-state index contributed by atoms with van der Waals surface area (Å²) in [7, 11) is 0. The number of ether oxygens (including phenoxy) is 1. The van der Waals surface area contributed by atoms with E-state index in [-0.39, 0.29) is 30.8 Å². The van der Waals surface area contributed by atoms with E-state index in [4.69, 9.17) is 4.74 Å². The number of hydrogen-bond donors (Lipinski definition) is 1. The molecular formula is C14H17BrFNO3. The monoisotopic (exact) mass is 345 g/mol. The molecule has 0 bridgehead atoms. The molecule has 0 saturated carbocycles. The third-order valence-electron chi connectivity index (χ3n) is 2.53. The fraction of sp³-hybridized carbons (Fsp3) is 0.429. The molecule has 1 rings (SSSR count). The number of rotatable bonds is 8. The largest absolute Gasteiger partial charge is 0.456 e. The molecule has 20 heavy (non-hydrogen) atoms. The Bertz CT molecular complexity index is 437. The second-order valence-electron chi connectivity index (χ2n) is 4.21. The van der Waals surface area contributed by atoms with Crippen molar-refractivity contribution < 1.29 is 18.7 Å². The van der Waals surface area contributed by atoms with Gasteiger partial charge in [0, 0.05) is 18.3 Å². The lowest BCUT2D eigenvalue weighted by molar-refractivity contribution is -0.148. The van der Waals surface area contributed by atoms with Gasteiger partial charge in [0.2, 0.25) is 0 Å². The van der Waals surface area contributed by atoms with Gasteiger partial charge >= 0.3 is 5.97 Å². The summed E-state index contributed by atoms with van der Waals surface area (Å²) in [5, 5.41) is 3.44. The molecule has 0 spiro atoms. The Kier molecular flexibility index (Phi) is 7.87. The number of unbranched alkanes of at least 4 members (excludes halogenated alkanes) is 1. The minimum absolute atomic E-state index is 0.278. The molecule has 6 heteroatoms. The van der Waals surface area contributed by atoms with Gasteiger partial charge in [0.15, 0.2) is 6.61 Å². The molecule has 0 radical (unpaired) electrons. The van der Waals surface area contributed by atoms with Crippen LogP contribution < -0.4 is 5.32 Å². The lowest BCUT2D eigenvalue weighted by Gasteiger charge is -2.06. The highest BCUT2D eigenvalue weighted by atomic mass is 79.9. The van der Waals surface area contributed by atoms with Gasteiger partial charge in [-0.25, -0.2) is 4.39 Å². The SMILES string of the molecule is O=C(COC(=O)CCCCBr)NCc1ccc(F)cc1. The Labute approximate surface area is 125 Å². The molecule has 1 amide bonds. The average Bonchev–Trinajstić information content (AvgIpc) is 2.45. The van der Waals surface area contributed by atoms with Crippen LogP contribution >= 0.6 is 15.9 Å². The molecule has 110 valence electrons. The Morgan fingerprint density at radius 1 is 1.20 bits per heavy atom. The summed E-state index contributed by atoms with van der Waals surface area (Å²) in [6, 6.07) is 5.82. The number of nitrogens with one attached hydrogen (secondary N) is 1. The summed E-state index contributed by atoms with van der Waals surface area (Å²) in [5.74, 6) is -1.07.